The highest BCUT2D eigenvalue weighted by molar-refractivity contribution is 5.87. The molecule has 22 heavy (non-hydrogen) atoms. The molecule has 0 saturated heterocycles. The molecule has 0 radical (unpaired) electrons. The molecule has 3 rings (SSSR count). The first-order chi connectivity index (χ1) is 10.6. The summed E-state index contributed by atoms with van der Waals surface area (Å²) in [6, 6.07) is 7.18. The van der Waals surface area contributed by atoms with Crippen molar-refractivity contribution in [3.8, 4) is 22.6 Å². The zero-order valence-corrected chi connectivity index (χ0v) is 12.5. The Hall–Kier alpha value is -2.56. The first kappa shape index (κ1) is 14.4. The van der Waals surface area contributed by atoms with Gasteiger partial charge in [0.25, 0.3) is 0 Å². The highest BCUT2D eigenvalue weighted by Gasteiger charge is 2.30. The van der Waals surface area contributed by atoms with Crippen LogP contribution >= 0.6 is 0 Å². The van der Waals surface area contributed by atoms with E-state index in [1.54, 1.807) is 26.4 Å². The number of hydrogen-bond donors (Lipinski definition) is 1. The molecule has 0 atom stereocenters. The van der Waals surface area contributed by atoms with Crippen molar-refractivity contribution < 1.29 is 19.4 Å². The van der Waals surface area contributed by atoms with Gasteiger partial charge in [0.05, 0.1) is 14.2 Å². The molecule has 5 nitrogen and oxygen atoms in total. The third kappa shape index (κ3) is 2.62. The zero-order valence-electron chi connectivity index (χ0n) is 12.5. The molecule has 2 aromatic rings. The summed E-state index contributed by atoms with van der Waals surface area (Å²) >= 11 is 0. The van der Waals surface area contributed by atoms with E-state index in [2.05, 4.69) is 4.98 Å². The molecule has 1 N–H and O–H groups in total. The van der Waals surface area contributed by atoms with Gasteiger partial charge < -0.3 is 14.6 Å². The normalized spacial score (nSPS) is 13.7. The van der Waals surface area contributed by atoms with Crippen LogP contribution in [-0.4, -0.2) is 30.3 Å². The van der Waals surface area contributed by atoms with Crippen molar-refractivity contribution in [3.63, 3.8) is 0 Å². The van der Waals surface area contributed by atoms with E-state index in [1.165, 1.54) is 6.20 Å². The van der Waals surface area contributed by atoms with Gasteiger partial charge in [-0.05, 0) is 54.2 Å². The van der Waals surface area contributed by atoms with E-state index in [1.807, 2.05) is 12.1 Å². The van der Waals surface area contributed by atoms with Crippen molar-refractivity contribution in [1.82, 2.24) is 4.98 Å². The summed E-state index contributed by atoms with van der Waals surface area (Å²) < 4.78 is 11.0. The highest BCUT2D eigenvalue weighted by atomic mass is 16.5. The Kier molecular flexibility index (Phi) is 3.71. The number of pyridine rings is 1. The summed E-state index contributed by atoms with van der Waals surface area (Å²) in [6.45, 7) is 0. The second-order valence-electron chi connectivity index (χ2n) is 5.30. The number of nitrogens with zero attached hydrogens (tertiary/aromatic N) is 1. The number of hydrogen-bond acceptors (Lipinski definition) is 4. The number of aromatic nitrogens is 1. The van der Waals surface area contributed by atoms with Gasteiger partial charge in [-0.25, -0.2) is 9.78 Å². The van der Waals surface area contributed by atoms with Crippen LogP contribution in [0.5, 0.6) is 11.5 Å². The van der Waals surface area contributed by atoms with Crippen molar-refractivity contribution in [2.24, 2.45) is 0 Å². The molecule has 1 aliphatic rings. The molecule has 0 amide bonds. The van der Waals surface area contributed by atoms with Crippen molar-refractivity contribution in [1.29, 1.82) is 0 Å². The Morgan fingerprint density at radius 1 is 1.14 bits per heavy atom. The van der Waals surface area contributed by atoms with Crippen molar-refractivity contribution in [2.75, 3.05) is 14.2 Å². The minimum Gasteiger partial charge on any atom is -0.496 e. The van der Waals surface area contributed by atoms with Gasteiger partial charge in [0, 0.05) is 11.8 Å². The fourth-order valence-corrected chi connectivity index (χ4v) is 2.61. The molecule has 5 heteroatoms. The molecule has 1 aliphatic carbocycles. The Morgan fingerprint density at radius 3 is 2.27 bits per heavy atom. The number of carboxylic acids is 1. The van der Waals surface area contributed by atoms with E-state index in [0.29, 0.717) is 5.92 Å². The van der Waals surface area contributed by atoms with E-state index in [9.17, 15) is 4.79 Å². The fraction of sp³-hybridized carbons (Fsp3) is 0.294. The molecule has 1 fully saturated rings. The van der Waals surface area contributed by atoms with E-state index in [-0.39, 0.29) is 5.69 Å². The van der Waals surface area contributed by atoms with Gasteiger partial charge in [-0.3, -0.25) is 0 Å². The average Bonchev–Trinajstić information content (AvgIpc) is 3.38. The third-order valence-electron chi connectivity index (χ3n) is 3.84. The maximum atomic E-state index is 11.1. The molecule has 1 saturated carbocycles. The van der Waals surface area contributed by atoms with Gasteiger partial charge in [-0.1, -0.05) is 0 Å². The van der Waals surface area contributed by atoms with Crippen LogP contribution in [0.2, 0.25) is 0 Å². The minimum absolute atomic E-state index is 0.0155. The van der Waals surface area contributed by atoms with Gasteiger partial charge in [-0.2, -0.15) is 0 Å². The maximum absolute atomic E-state index is 11.1. The van der Waals surface area contributed by atoms with Gasteiger partial charge in [-0.15, -0.1) is 0 Å². The van der Waals surface area contributed by atoms with Crippen LogP contribution < -0.4 is 9.47 Å². The molecule has 1 aromatic carbocycles. The topological polar surface area (TPSA) is 68.7 Å². The molecule has 0 unspecified atom stereocenters. The van der Waals surface area contributed by atoms with Crippen molar-refractivity contribution in [2.45, 2.75) is 18.8 Å². The average molecular weight is 299 g/mol. The molecule has 1 heterocycles. The third-order valence-corrected chi connectivity index (χ3v) is 3.84. The second kappa shape index (κ2) is 5.67. The maximum Gasteiger partial charge on any atom is 0.354 e. The van der Waals surface area contributed by atoms with Gasteiger partial charge in [0.15, 0.2) is 0 Å². The summed E-state index contributed by atoms with van der Waals surface area (Å²) in [7, 11) is 3.28. The Balaban J connectivity index is 2.11. The lowest BCUT2D eigenvalue weighted by atomic mass is 10.00. The molecule has 0 bridgehead atoms. The summed E-state index contributed by atoms with van der Waals surface area (Å²) in [6.07, 6.45) is 3.78. The molecule has 1 aromatic heterocycles. The van der Waals surface area contributed by atoms with E-state index in [0.717, 1.165) is 41.0 Å². The minimum atomic E-state index is -1.05. The largest absolute Gasteiger partial charge is 0.496 e. The van der Waals surface area contributed by atoms with Crippen LogP contribution in [-0.2, 0) is 0 Å². The summed E-state index contributed by atoms with van der Waals surface area (Å²) in [4.78, 5) is 14.9. The zero-order chi connectivity index (χ0) is 15.7. The number of carboxylic acid groups (broad SMARTS) is 1. The van der Waals surface area contributed by atoms with Crippen LogP contribution in [0.3, 0.4) is 0 Å². The lowest BCUT2D eigenvalue weighted by Gasteiger charge is -2.15. The van der Waals surface area contributed by atoms with E-state index >= 15 is 0 Å². The molecular weight excluding hydrogens is 282 g/mol. The highest BCUT2D eigenvalue weighted by Crippen LogP contribution is 2.50. The molecule has 0 aliphatic heterocycles. The quantitative estimate of drug-likeness (QED) is 0.917. The number of benzene rings is 1. The van der Waals surface area contributed by atoms with Gasteiger partial charge >= 0.3 is 5.97 Å². The van der Waals surface area contributed by atoms with Crippen molar-refractivity contribution in [3.05, 3.63) is 41.7 Å². The number of carbonyl (C=O) groups is 1. The van der Waals surface area contributed by atoms with E-state index < -0.39 is 5.97 Å². The van der Waals surface area contributed by atoms with Gasteiger partial charge in [0.1, 0.15) is 17.2 Å². The smallest absolute Gasteiger partial charge is 0.354 e. The summed E-state index contributed by atoms with van der Waals surface area (Å²) in [5, 5.41) is 9.07. The predicted molar refractivity (Wildman–Crippen MR) is 81.7 cm³/mol. The van der Waals surface area contributed by atoms with Crippen LogP contribution in [0.15, 0.2) is 30.5 Å². The lowest BCUT2D eigenvalue weighted by molar-refractivity contribution is 0.0690. The Bertz CT molecular complexity index is 697. The van der Waals surface area contributed by atoms with Crippen LogP contribution in [0, 0.1) is 0 Å². The Labute approximate surface area is 128 Å². The number of aromatic carboxylic acids is 1. The molecular formula is C17H17NO4. The SMILES string of the molecule is COc1cc(-c2ccnc(C(=O)O)c2)cc(OC)c1C1CC1. The van der Waals surface area contributed by atoms with E-state index in [4.69, 9.17) is 14.6 Å². The first-order valence-electron chi connectivity index (χ1n) is 7.09. The lowest BCUT2D eigenvalue weighted by Crippen LogP contribution is -2.00. The fourth-order valence-electron chi connectivity index (χ4n) is 2.61. The summed E-state index contributed by atoms with van der Waals surface area (Å²) in [5.41, 5.74) is 2.73. The van der Waals surface area contributed by atoms with Crippen LogP contribution in [0.1, 0.15) is 34.8 Å². The standard InChI is InChI=1S/C17H17NO4/c1-21-14-8-12(9-15(22-2)16(14)10-3-4-10)11-5-6-18-13(7-11)17(19)20/h5-10H,3-4H2,1-2H3,(H,19,20). The number of ether oxygens (including phenoxy) is 2. The van der Waals surface area contributed by atoms with Crippen LogP contribution in [0.25, 0.3) is 11.1 Å². The summed E-state index contributed by atoms with van der Waals surface area (Å²) in [5.74, 6) is 1.01. The van der Waals surface area contributed by atoms with Gasteiger partial charge in [0.2, 0.25) is 0 Å². The molecule has 0 spiro atoms. The Morgan fingerprint density at radius 2 is 1.77 bits per heavy atom. The monoisotopic (exact) mass is 299 g/mol. The van der Waals surface area contributed by atoms with Crippen molar-refractivity contribution >= 4 is 5.97 Å². The molecule has 114 valence electrons. The van der Waals surface area contributed by atoms with Crippen LogP contribution in [0.4, 0.5) is 0 Å². The number of methoxy groups -OCH3 is 2. The second-order valence-corrected chi connectivity index (χ2v) is 5.30. The number of rotatable bonds is 5. The predicted octanol–water partition coefficient (Wildman–Crippen LogP) is 3.34. The first-order valence-corrected chi connectivity index (χ1v) is 7.09.